The molecular formula is C15H23N3. The van der Waals surface area contributed by atoms with Gasteiger partial charge in [-0.05, 0) is 50.4 Å². The fourth-order valence-electron chi connectivity index (χ4n) is 3.92. The van der Waals surface area contributed by atoms with Gasteiger partial charge in [-0.25, -0.2) is 9.97 Å². The smallest absolute Gasteiger partial charge is 0.129 e. The molecule has 1 heterocycles. The molecule has 18 heavy (non-hydrogen) atoms. The molecular weight excluding hydrogens is 222 g/mol. The van der Waals surface area contributed by atoms with Gasteiger partial charge in [-0.3, -0.25) is 0 Å². The van der Waals surface area contributed by atoms with E-state index in [-0.39, 0.29) is 0 Å². The predicted molar refractivity (Wildman–Crippen MR) is 73.4 cm³/mol. The highest BCUT2D eigenvalue weighted by atomic mass is 15.0. The Labute approximate surface area is 109 Å². The zero-order chi connectivity index (χ0) is 12.5. The van der Waals surface area contributed by atoms with Crippen molar-refractivity contribution in [3.05, 3.63) is 18.1 Å². The number of anilines is 1. The van der Waals surface area contributed by atoms with Crippen LogP contribution in [0.3, 0.4) is 0 Å². The fourth-order valence-corrected chi connectivity index (χ4v) is 3.92. The molecule has 0 amide bonds. The van der Waals surface area contributed by atoms with Crippen LogP contribution in [-0.4, -0.2) is 16.0 Å². The van der Waals surface area contributed by atoms with Crippen molar-refractivity contribution in [2.75, 3.05) is 5.32 Å². The van der Waals surface area contributed by atoms with E-state index in [4.69, 9.17) is 0 Å². The Kier molecular flexibility index (Phi) is 3.23. The lowest BCUT2D eigenvalue weighted by Crippen LogP contribution is -2.30. The first-order valence-corrected chi connectivity index (χ1v) is 7.33. The molecule has 2 fully saturated rings. The van der Waals surface area contributed by atoms with Gasteiger partial charge in [0.05, 0.1) is 0 Å². The summed E-state index contributed by atoms with van der Waals surface area (Å²) in [6.45, 7) is 4.45. The molecule has 98 valence electrons. The van der Waals surface area contributed by atoms with Crippen LogP contribution in [0.4, 0.5) is 5.82 Å². The van der Waals surface area contributed by atoms with Gasteiger partial charge in [0.2, 0.25) is 0 Å². The van der Waals surface area contributed by atoms with Gasteiger partial charge in [0, 0.05) is 17.8 Å². The molecule has 1 aromatic heterocycles. The van der Waals surface area contributed by atoms with E-state index in [1.54, 1.807) is 6.33 Å². The highest BCUT2D eigenvalue weighted by Crippen LogP contribution is 2.49. The quantitative estimate of drug-likeness (QED) is 0.884. The number of nitrogens with zero attached hydrogens (tertiary/aromatic N) is 2. The van der Waals surface area contributed by atoms with E-state index in [1.165, 1.54) is 25.7 Å². The minimum absolute atomic E-state index is 0.542. The molecule has 0 aliphatic heterocycles. The van der Waals surface area contributed by atoms with Crippen molar-refractivity contribution in [2.24, 2.45) is 17.8 Å². The number of aryl methyl sites for hydroxylation is 1. The van der Waals surface area contributed by atoms with Crippen molar-refractivity contribution in [1.29, 1.82) is 0 Å². The Morgan fingerprint density at radius 1 is 1.33 bits per heavy atom. The van der Waals surface area contributed by atoms with E-state index in [0.717, 1.165) is 35.7 Å². The van der Waals surface area contributed by atoms with Gasteiger partial charge in [-0.1, -0.05) is 13.3 Å². The predicted octanol–water partition coefficient (Wildman–Crippen LogP) is 3.28. The third kappa shape index (κ3) is 2.23. The molecule has 1 N–H and O–H groups in total. The van der Waals surface area contributed by atoms with Crippen LogP contribution in [0.25, 0.3) is 0 Å². The first-order chi connectivity index (χ1) is 8.76. The first-order valence-electron chi connectivity index (χ1n) is 7.33. The van der Waals surface area contributed by atoms with Crippen molar-refractivity contribution in [1.82, 2.24) is 9.97 Å². The Balaban J connectivity index is 1.65. The van der Waals surface area contributed by atoms with Gasteiger partial charge in [-0.15, -0.1) is 0 Å². The molecule has 0 radical (unpaired) electrons. The monoisotopic (exact) mass is 245 g/mol. The van der Waals surface area contributed by atoms with Crippen molar-refractivity contribution < 1.29 is 0 Å². The summed E-state index contributed by atoms with van der Waals surface area (Å²) < 4.78 is 0. The maximum atomic E-state index is 4.34. The summed E-state index contributed by atoms with van der Waals surface area (Å²) in [5.41, 5.74) is 1.12. The van der Waals surface area contributed by atoms with Gasteiger partial charge in [-0.2, -0.15) is 0 Å². The molecule has 2 aliphatic rings. The van der Waals surface area contributed by atoms with Crippen molar-refractivity contribution in [3.8, 4) is 0 Å². The minimum atomic E-state index is 0.542. The second-order valence-electron chi connectivity index (χ2n) is 6.02. The van der Waals surface area contributed by atoms with E-state index in [0.29, 0.717) is 6.04 Å². The van der Waals surface area contributed by atoms with Crippen molar-refractivity contribution >= 4 is 5.82 Å². The molecule has 2 bridgehead atoms. The van der Waals surface area contributed by atoms with E-state index in [2.05, 4.69) is 35.2 Å². The van der Waals surface area contributed by atoms with E-state index in [1.807, 2.05) is 0 Å². The number of hydrogen-bond acceptors (Lipinski definition) is 3. The zero-order valence-corrected chi connectivity index (χ0v) is 11.4. The Morgan fingerprint density at radius 3 is 2.89 bits per heavy atom. The molecule has 2 saturated carbocycles. The Bertz CT molecular complexity index is 418. The number of aromatic nitrogens is 2. The van der Waals surface area contributed by atoms with Crippen LogP contribution in [0.5, 0.6) is 0 Å². The minimum Gasteiger partial charge on any atom is -0.367 e. The summed E-state index contributed by atoms with van der Waals surface area (Å²) in [6, 6.07) is 2.63. The van der Waals surface area contributed by atoms with Gasteiger partial charge in [0.25, 0.3) is 0 Å². The summed E-state index contributed by atoms with van der Waals surface area (Å²) >= 11 is 0. The topological polar surface area (TPSA) is 37.8 Å². The molecule has 3 nitrogen and oxygen atoms in total. The average molecular weight is 245 g/mol. The van der Waals surface area contributed by atoms with Crippen molar-refractivity contribution in [2.45, 2.75) is 52.0 Å². The molecule has 1 aromatic rings. The molecule has 2 aliphatic carbocycles. The van der Waals surface area contributed by atoms with Gasteiger partial charge >= 0.3 is 0 Å². The molecule has 0 aromatic carbocycles. The highest BCUT2D eigenvalue weighted by Gasteiger charge is 2.41. The summed E-state index contributed by atoms with van der Waals surface area (Å²) in [5.74, 6) is 3.83. The van der Waals surface area contributed by atoms with Gasteiger partial charge < -0.3 is 5.32 Å². The standard InChI is InChI=1S/C15H23N3/c1-3-13-8-15(17-9-16-13)18-10(2)14-7-11-4-5-12(14)6-11/h8-12,14H,3-7H2,1-2H3,(H,16,17,18). The third-order valence-electron chi connectivity index (χ3n) is 4.90. The van der Waals surface area contributed by atoms with Crippen LogP contribution >= 0.6 is 0 Å². The van der Waals surface area contributed by atoms with Crippen LogP contribution in [0.1, 0.15) is 45.2 Å². The van der Waals surface area contributed by atoms with Crippen LogP contribution in [0, 0.1) is 17.8 Å². The lowest BCUT2D eigenvalue weighted by Gasteiger charge is -2.28. The molecule has 4 unspecified atom stereocenters. The number of fused-ring (bicyclic) bond motifs is 2. The first kappa shape index (κ1) is 11.9. The number of rotatable bonds is 4. The zero-order valence-electron chi connectivity index (χ0n) is 11.4. The maximum absolute atomic E-state index is 4.34. The van der Waals surface area contributed by atoms with E-state index < -0.39 is 0 Å². The number of hydrogen-bond donors (Lipinski definition) is 1. The largest absolute Gasteiger partial charge is 0.367 e. The van der Waals surface area contributed by atoms with E-state index in [9.17, 15) is 0 Å². The Morgan fingerprint density at radius 2 is 2.22 bits per heavy atom. The third-order valence-corrected chi connectivity index (χ3v) is 4.90. The Hall–Kier alpha value is -1.12. The lowest BCUT2D eigenvalue weighted by atomic mass is 9.84. The van der Waals surface area contributed by atoms with Crippen LogP contribution in [0.15, 0.2) is 12.4 Å². The molecule has 0 spiro atoms. The normalized spacial score (nSPS) is 31.6. The number of nitrogens with one attached hydrogen (secondary N) is 1. The fraction of sp³-hybridized carbons (Fsp3) is 0.733. The maximum Gasteiger partial charge on any atom is 0.129 e. The summed E-state index contributed by atoms with van der Waals surface area (Å²) in [7, 11) is 0. The second-order valence-corrected chi connectivity index (χ2v) is 6.02. The van der Waals surface area contributed by atoms with Crippen LogP contribution < -0.4 is 5.32 Å². The van der Waals surface area contributed by atoms with Crippen LogP contribution in [0.2, 0.25) is 0 Å². The summed E-state index contributed by atoms with van der Waals surface area (Å²) in [6.07, 6.45) is 8.46. The SMILES string of the molecule is CCc1cc(NC(C)C2CC3CCC2C3)ncn1. The highest BCUT2D eigenvalue weighted by molar-refractivity contribution is 5.36. The summed E-state index contributed by atoms with van der Waals surface area (Å²) in [5, 5.41) is 3.59. The molecule has 3 heteroatoms. The van der Waals surface area contributed by atoms with Gasteiger partial charge in [0.1, 0.15) is 12.1 Å². The van der Waals surface area contributed by atoms with Crippen LogP contribution in [-0.2, 0) is 6.42 Å². The van der Waals surface area contributed by atoms with E-state index >= 15 is 0 Å². The second kappa shape index (κ2) is 4.87. The summed E-state index contributed by atoms with van der Waals surface area (Å²) in [4.78, 5) is 8.59. The van der Waals surface area contributed by atoms with Crippen molar-refractivity contribution in [3.63, 3.8) is 0 Å². The molecule has 4 atom stereocenters. The average Bonchev–Trinajstić information content (AvgIpc) is 3.01. The molecule has 3 rings (SSSR count). The lowest BCUT2D eigenvalue weighted by molar-refractivity contribution is 0.304. The van der Waals surface area contributed by atoms with Gasteiger partial charge in [0.15, 0.2) is 0 Å². The molecule has 0 saturated heterocycles.